The lowest BCUT2D eigenvalue weighted by molar-refractivity contribution is 0.355. The number of anilines is 1. The number of benzene rings is 2. The molecule has 0 fully saturated rings. The highest BCUT2D eigenvalue weighted by atomic mass is 32.2. The fourth-order valence-electron chi connectivity index (χ4n) is 2.63. The summed E-state index contributed by atoms with van der Waals surface area (Å²) < 4.78 is 10.6. The van der Waals surface area contributed by atoms with Gasteiger partial charge in [-0.1, -0.05) is 24.3 Å². The Balaban J connectivity index is 1.85. The maximum atomic E-state index is 5.37. The molecule has 1 N–H and O–H groups in total. The van der Waals surface area contributed by atoms with Crippen molar-refractivity contribution in [1.29, 1.82) is 0 Å². The first-order valence-corrected chi connectivity index (χ1v) is 8.11. The molecule has 3 rings (SSSR count). The van der Waals surface area contributed by atoms with Gasteiger partial charge < -0.3 is 14.8 Å². The van der Waals surface area contributed by atoms with E-state index in [-0.39, 0.29) is 0 Å². The van der Waals surface area contributed by atoms with Crippen LogP contribution in [-0.2, 0) is 5.75 Å². The van der Waals surface area contributed by atoms with Crippen molar-refractivity contribution in [2.24, 2.45) is 0 Å². The monoisotopic (exact) mass is 301 g/mol. The third-order valence-electron chi connectivity index (χ3n) is 3.70. The molecule has 1 unspecified atom stereocenters. The van der Waals surface area contributed by atoms with Crippen LogP contribution in [0.1, 0.15) is 17.2 Å². The van der Waals surface area contributed by atoms with E-state index in [1.54, 1.807) is 14.2 Å². The number of fused-ring (bicyclic) bond motifs is 1. The number of ether oxygens (including phenoxy) is 2. The summed E-state index contributed by atoms with van der Waals surface area (Å²) in [5.41, 5.74) is 3.87. The molecule has 0 radical (unpaired) electrons. The molecule has 3 nitrogen and oxygen atoms in total. The second-order valence-electron chi connectivity index (χ2n) is 4.98. The minimum absolute atomic E-state index is 0.332. The van der Waals surface area contributed by atoms with Crippen molar-refractivity contribution in [3.8, 4) is 11.5 Å². The standard InChI is InChI=1S/C17H19NO2S/c1-19-16-8-7-13(9-17(16)20-2)18-15-11-21-10-12-5-3-4-6-14(12)15/h3-9,15,18H,10-11H2,1-2H3. The van der Waals surface area contributed by atoms with E-state index in [1.807, 2.05) is 30.0 Å². The lowest BCUT2D eigenvalue weighted by atomic mass is 10.0. The Bertz CT molecular complexity index is 630. The summed E-state index contributed by atoms with van der Waals surface area (Å²) >= 11 is 1.96. The number of methoxy groups -OCH3 is 2. The second-order valence-corrected chi connectivity index (χ2v) is 6.01. The Kier molecular flexibility index (Phi) is 4.25. The minimum atomic E-state index is 0.332. The van der Waals surface area contributed by atoms with E-state index in [4.69, 9.17) is 9.47 Å². The van der Waals surface area contributed by atoms with Gasteiger partial charge in [-0.05, 0) is 23.3 Å². The largest absolute Gasteiger partial charge is 0.493 e. The molecule has 0 saturated heterocycles. The van der Waals surface area contributed by atoms with Crippen LogP contribution in [-0.4, -0.2) is 20.0 Å². The molecule has 0 aromatic heterocycles. The Morgan fingerprint density at radius 1 is 1.05 bits per heavy atom. The maximum Gasteiger partial charge on any atom is 0.162 e. The summed E-state index contributed by atoms with van der Waals surface area (Å²) in [6, 6.07) is 14.9. The average Bonchev–Trinajstić information content (AvgIpc) is 2.55. The SMILES string of the molecule is COc1ccc(NC2CSCc3ccccc32)cc1OC. The normalized spacial score (nSPS) is 17.0. The van der Waals surface area contributed by atoms with Crippen LogP contribution in [0.4, 0.5) is 5.69 Å². The summed E-state index contributed by atoms with van der Waals surface area (Å²) in [4.78, 5) is 0. The molecule has 1 aliphatic heterocycles. The molecule has 0 bridgehead atoms. The average molecular weight is 301 g/mol. The highest BCUT2D eigenvalue weighted by molar-refractivity contribution is 7.98. The molecule has 0 saturated carbocycles. The fourth-order valence-corrected chi connectivity index (χ4v) is 3.73. The number of hydrogen-bond acceptors (Lipinski definition) is 4. The van der Waals surface area contributed by atoms with Gasteiger partial charge in [0.15, 0.2) is 11.5 Å². The van der Waals surface area contributed by atoms with E-state index in [0.29, 0.717) is 6.04 Å². The summed E-state index contributed by atoms with van der Waals surface area (Å²) in [5.74, 6) is 3.67. The third-order valence-corrected chi connectivity index (χ3v) is 4.78. The van der Waals surface area contributed by atoms with Gasteiger partial charge in [-0.15, -0.1) is 0 Å². The van der Waals surface area contributed by atoms with Crippen LogP contribution in [0.2, 0.25) is 0 Å². The van der Waals surface area contributed by atoms with Crippen molar-refractivity contribution in [3.63, 3.8) is 0 Å². The van der Waals surface area contributed by atoms with Crippen LogP contribution in [0.5, 0.6) is 11.5 Å². The van der Waals surface area contributed by atoms with Crippen molar-refractivity contribution in [2.45, 2.75) is 11.8 Å². The number of nitrogens with one attached hydrogen (secondary N) is 1. The number of hydrogen-bond donors (Lipinski definition) is 1. The van der Waals surface area contributed by atoms with Crippen LogP contribution in [0.15, 0.2) is 42.5 Å². The van der Waals surface area contributed by atoms with Gasteiger partial charge in [0.25, 0.3) is 0 Å². The van der Waals surface area contributed by atoms with Crippen molar-refractivity contribution >= 4 is 17.4 Å². The quantitative estimate of drug-likeness (QED) is 0.921. The van der Waals surface area contributed by atoms with Crippen LogP contribution in [0.25, 0.3) is 0 Å². The van der Waals surface area contributed by atoms with Crippen molar-refractivity contribution in [3.05, 3.63) is 53.6 Å². The second kappa shape index (κ2) is 6.31. The van der Waals surface area contributed by atoms with Crippen LogP contribution in [0, 0.1) is 0 Å². The summed E-state index contributed by atoms with van der Waals surface area (Å²) in [5, 5.41) is 3.61. The molecule has 2 aromatic carbocycles. The topological polar surface area (TPSA) is 30.5 Å². The zero-order valence-electron chi connectivity index (χ0n) is 12.3. The van der Waals surface area contributed by atoms with Gasteiger partial charge in [0.05, 0.1) is 20.3 Å². The van der Waals surface area contributed by atoms with Crippen molar-refractivity contribution in [2.75, 3.05) is 25.3 Å². The molecule has 0 spiro atoms. The molecule has 0 amide bonds. The molecule has 1 heterocycles. The zero-order valence-corrected chi connectivity index (χ0v) is 13.1. The lowest BCUT2D eigenvalue weighted by Gasteiger charge is -2.27. The molecule has 1 aliphatic rings. The first-order valence-electron chi connectivity index (χ1n) is 6.96. The molecule has 21 heavy (non-hydrogen) atoms. The van der Waals surface area contributed by atoms with E-state index in [0.717, 1.165) is 28.7 Å². The summed E-state index contributed by atoms with van der Waals surface area (Å²) in [7, 11) is 3.31. The number of rotatable bonds is 4. The molecular formula is C17H19NO2S. The molecule has 0 aliphatic carbocycles. The van der Waals surface area contributed by atoms with Gasteiger partial charge in [-0.3, -0.25) is 0 Å². The predicted octanol–water partition coefficient (Wildman–Crippen LogP) is 4.10. The van der Waals surface area contributed by atoms with Gasteiger partial charge in [0, 0.05) is 23.3 Å². The van der Waals surface area contributed by atoms with Crippen molar-refractivity contribution in [1.82, 2.24) is 0 Å². The zero-order chi connectivity index (χ0) is 14.7. The Morgan fingerprint density at radius 2 is 1.86 bits per heavy atom. The van der Waals surface area contributed by atoms with Crippen LogP contribution in [0.3, 0.4) is 0 Å². The highest BCUT2D eigenvalue weighted by Gasteiger charge is 2.20. The first kappa shape index (κ1) is 14.1. The third kappa shape index (κ3) is 2.95. The predicted molar refractivity (Wildman–Crippen MR) is 88.5 cm³/mol. The van der Waals surface area contributed by atoms with Crippen LogP contribution < -0.4 is 14.8 Å². The van der Waals surface area contributed by atoms with Gasteiger partial charge >= 0.3 is 0 Å². The fraction of sp³-hybridized carbons (Fsp3) is 0.294. The molecule has 1 atom stereocenters. The Hall–Kier alpha value is -1.81. The van der Waals surface area contributed by atoms with E-state index in [2.05, 4.69) is 29.6 Å². The Labute approximate surface area is 129 Å². The van der Waals surface area contributed by atoms with E-state index >= 15 is 0 Å². The van der Waals surface area contributed by atoms with Gasteiger partial charge in [0.1, 0.15) is 0 Å². The summed E-state index contributed by atoms with van der Waals surface area (Å²) in [6.45, 7) is 0. The van der Waals surface area contributed by atoms with Gasteiger partial charge in [0.2, 0.25) is 0 Å². The Morgan fingerprint density at radius 3 is 2.67 bits per heavy atom. The molecule has 2 aromatic rings. The number of thioether (sulfide) groups is 1. The maximum absolute atomic E-state index is 5.37. The van der Waals surface area contributed by atoms with Gasteiger partial charge in [-0.25, -0.2) is 0 Å². The van der Waals surface area contributed by atoms with E-state index < -0.39 is 0 Å². The minimum Gasteiger partial charge on any atom is -0.493 e. The molecular weight excluding hydrogens is 282 g/mol. The lowest BCUT2D eigenvalue weighted by Crippen LogP contribution is -2.18. The smallest absolute Gasteiger partial charge is 0.162 e. The van der Waals surface area contributed by atoms with Crippen LogP contribution >= 0.6 is 11.8 Å². The van der Waals surface area contributed by atoms with E-state index in [1.165, 1.54) is 11.1 Å². The first-order chi connectivity index (χ1) is 10.3. The highest BCUT2D eigenvalue weighted by Crippen LogP contribution is 2.36. The summed E-state index contributed by atoms with van der Waals surface area (Å²) in [6.07, 6.45) is 0. The van der Waals surface area contributed by atoms with Gasteiger partial charge in [-0.2, -0.15) is 11.8 Å². The molecule has 4 heteroatoms. The van der Waals surface area contributed by atoms with E-state index in [9.17, 15) is 0 Å². The molecule has 110 valence electrons. The van der Waals surface area contributed by atoms with Crippen molar-refractivity contribution < 1.29 is 9.47 Å².